The van der Waals surface area contributed by atoms with Gasteiger partial charge in [0.05, 0.1) is 15.8 Å². The third kappa shape index (κ3) is 3.15. The fraction of sp³-hybridized carbons (Fsp3) is 0.571. The van der Waals surface area contributed by atoms with Gasteiger partial charge in [-0.15, -0.1) is 0 Å². The average Bonchev–Trinajstić information content (AvgIpc) is 3.23. The van der Waals surface area contributed by atoms with Crippen molar-refractivity contribution in [3.63, 3.8) is 0 Å². The lowest BCUT2D eigenvalue weighted by atomic mass is 9.46. The van der Waals surface area contributed by atoms with Gasteiger partial charge in [-0.2, -0.15) is 5.10 Å². The normalized spacial score (nSPS) is 32.3. The molecule has 0 aliphatic heterocycles. The topological polar surface area (TPSA) is 106 Å². The number of nitrogens with one attached hydrogen (secondary N) is 2. The van der Waals surface area contributed by atoms with E-state index >= 15 is 0 Å². The Bertz CT molecular complexity index is 1030. The van der Waals surface area contributed by atoms with Crippen molar-refractivity contribution < 1.29 is 13.2 Å². The highest BCUT2D eigenvalue weighted by atomic mass is 32.2. The molecule has 1 amide bonds. The lowest BCUT2D eigenvalue weighted by Gasteiger charge is -2.60. The molecule has 9 heteroatoms. The molecule has 4 aliphatic rings. The van der Waals surface area contributed by atoms with Crippen molar-refractivity contribution in [2.75, 3.05) is 11.9 Å². The molecule has 1 heterocycles. The molecular formula is C21H27N5O3S. The molecule has 4 saturated carbocycles. The van der Waals surface area contributed by atoms with E-state index in [0.29, 0.717) is 24.1 Å². The zero-order valence-corrected chi connectivity index (χ0v) is 17.9. The molecule has 2 aromatic rings. The summed E-state index contributed by atoms with van der Waals surface area (Å²) in [5.74, 6) is 1.12. The minimum atomic E-state index is -3.50. The number of nitrogens with zero attached hydrogens (tertiary/aromatic N) is 3. The highest BCUT2D eigenvalue weighted by molar-refractivity contribution is 7.89. The third-order valence-electron chi connectivity index (χ3n) is 7.17. The number of hydrogen-bond acceptors (Lipinski definition) is 5. The zero-order valence-electron chi connectivity index (χ0n) is 17.0. The Labute approximate surface area is 176 Å². The quantitative estimate of drug-likeness (QED) is 0.734. The van der Waals surface area contributed by atoms with Gasteiger partial charge in [-0.05, 0) is 74.6 Å². The molecule has 160 valence electrons. The Kier molecular flexibility index (Phi) is 4.52. The number of anilines is 1. The summed E-state index contributed by atoms with van der Waals surface area (Å²) >= 11 is 0. The van der Waals surface area contributed by atoms with Crippen molar-refractivity contribution in [2.45, 2.75) is 55.9 Å². The van der Waals surface area contributed by atoms with Gasteiger partial charge in [0.1, 0.15) is 12.7 Å². The molecule has 30 heavy (non-hydrogen) atoms. The number of carbonyl (C=O) groups is 1. The number of amides is 1. The van der Waals surface area contributed by atoms with E-state index in [1.165, 1.54) is 18.6 Å². The molecule has 2 N–H and O–H groups in total. The van der Waals surface area contributed by atoms with Crippen molar-refractivity contribution >= 4 is 21.6 Å². The molecule has 0 saturated heterocycles. The van der Waals surface area contributed by atoms with Crippen molar-refractivity contribution in [1.29, 1.82) is 0 Å². The fourth-order valence-electron chi connectivity index (χ4n) is 6.46. The monoisotopic (exact) mass is 429 g/mol. The molecule has 6 rings (SSSR count). The molecule has 2 unspecified atom stereocenters. The summed E-state index contributed by atoms with van der Waals surface area (Å²) in [5.41, 5.74) is 0.118. The first-order valence-corrected chi connectivity index (χ1v) is 12.1. The van der Waals surface area contributed by atoms with E-state index in [1.807, 2.05) is 4.68 Å². The van der Waals surface area contributed by atoms with Crippen LogP contribution in [-0.4, -0.2) is 35.6 Å². The number of hydrogen-bond donors (Lipinski definition) is 2. The molecule has 0 radical (unpaired) electrons. The molecule has 1 aromatic carbocycles. The summed E-state index contributed by atoms with van der Waals surface area (Å²) in [5, 5.41) is 7.51. The van der Waals surface area contributed by atoms with E-state index in [9.17, 15) is 13.2 Å². The van der Waals surface area contributed by atoms with Crippen LogP contribution < -0.4 is 10.0 Å². The Hall–Kier alpha value is -2.26. The van der Waals surface area contributed by atoms with Crippen LogP contribution in [0.25, 0.3) is 0 Å². The van der Waals surface area contributed by atoms with Gasteiger partial charge < -0.3 is 5.32 Å². The van der Waals surface area contributed by atoms with Crippen LogP contribution in [0, 0.1) is 17.3 Å². The van der Waals surface area contributed by atoms with Gasteiger partial charge >= 0.3 is 0 Å². The molecule has 0 spiro atoms. The highest BCUT2D eigenvalue weighted by Gasteiger charge is 2.61. The van der Waals surface area contributed by atoms with E-state index in [1.54, 1.807) is 31.7 Å². The molecule has 4 bridgehead atoms. The van der Waals surface area contributed by atoms with Gasteiger partial charge in [-0.3, -0.25) is 4.79 Å². The Morgan fingerprint density at radius 2 is 1.87 bits per heavy atom. The van der Waals surface area contributed by atoms with Gasteiger partial charge in [0, 0.05) is 12.2 Å². The van der Waals surface area contributed by atoms with Crippen LogP contribution in [-0.2, 0) is 20.4 Å². The Balaban J connectivity index is 1.38. The molecule has 1 aromatic heterocycles. The first kappa shape index (κ1) is 19.7. The minimum Gasteiger partial charge on any atom is -0.326 e. The van der Waals surface area contributed by atoms with Gasteiger partial charge in [0.2, 0.25) is 15.9 Å². The zero-order chi connectivity index (χ0) is 21.0. The highest BCUT2D eigenvalue weighted by Crippen LogP contribution is 2.64. The summed E-state index contributed by atoms with van der Waals surface area (Å²) in [6.07, 6.45) is 9.32. The molecule has 4 fully saturated rings. The van der Waals surface area contributed by atoms with Crippen LogP contribution in [0.1, 0.15) is 45.4 Å². The summed E-state index contributed by atoms with van der Waals surface area (Å²) < 4.78 is 28.7. The van der Waals surface area contributed by atoms with Gasteiger partial charge in [0.15, 0.2) is 0 Å². The van der Waals surface area contributed by atoms with Gasteiger partial charge in [-0.1, -0.05) is 6.92 Å². The summed E-state index contributed by atoms with van der Waals surface area (Å²) in [4.78, 5) is 17.8. The van der Waals surface area contributed by atoms with Gasteiger partial charge in [-0.25, -0.2) is 22.8 Å². The maximum absolute atomic E-state index is 13.5. The number of sulfonamides is 1. The van der Waals surface area contributed by atoms with Crippen molar-refractivity contribution in [3.8, 4) is 0 Å². The van der Waals surface area contributed by atoms with E-state index in [2.05, 4.69) is 20.1 Å². The lowest BCUT2D eigenvalue weighted by molar-refractivity contribution is -0.150. The molecule has 4 aliphatic carbocycles. The van der Waals surface area contributed by atoms with Crippen LogP contribution >= 0.6 is 0 Å². The molecular weight excluding hydrogens is 402 g/mol. The number of rotatable bonds is 6. The van der Waals surface area contributed by atoms with Crippen LogP contribution in [0.4, 0.5) is 5.69 Å². The van der Waals surface area contributed by atoms with Crippen LogP contribution in [0.3, 0.4) is 0 Å². The van der Waals surface area contributed by atoms with Crippen molar-refractivity contribution in [1.82, 2.24) is 19.5 Å². The van der Waals surface area contributed by atoms with Crippen LogP contribution in [0.2, 0.25) is 0 Å². The van der Waals surface area contributed by atoms with E-state index in [4.69, 9.17) is 0 Å². The lowest BCUT2D eigenvalue weighted by Crippen LogP contribution is -2.60. The van der Waals surface area contributed by atoms with E-state index in [-0.39, 0.29) is 16.3 Å². The number of aromatic nitrogens is 3. The van der Waals surface area contributed by atoms with E-state index < -0.39 is 15.4 Å². The van der Waals surface area contributed by atoms with Gasteiger partial charge in [0.25, 0.3) is 0 Å². The summed E-state index contributed by atoms with van der Waals surface area (Å²) in [6.45, 7) is 2.07. The SMILES string of the molecule is CCNS(=O)(=O)c1ccc(NC(=O)C23CC4CC(C2)CC(n2cncn2)(C4)C3)cc1. The standard InChI is InChI=1S/C21H27N5O3S/c1-2-24-30(28,29)18-5-3-17(4-6-18)25-19(27)20-8-15-7-16(9-20)11-21(10-15,12-20)26-14-22-13-23-26/h3-6,13-16,24H,2,7-12H2,1H3,(H,25,27). The smallest absolute Gasteiger partial charge is 0.240 e. The maximum Gasteiger partial charge on any atom is 0.240 e. The Morgan fingerprint density at radius 1 is 1.17 bits per heavy atom. The predicted molar refractivity (Wildman–Crippen MR) is 111 cm³/mol. The third-order valence-corrected chi connectivity index (χ3v) is 8.73. The number of carbonyl (C=O) groups excluding carboxylic acids is 1. The largest absolute Gasteiger partial charge is 0.326 e. The second kappa shape index (κ2) is 6.88. The molecule has 8 nitrogen and oxygen atoms in total. The maximum atomic E-state index is 13.5. The van der Waals surface area contributed by atoms with Crippen LogP contribution in [0.15, 0.2) is 41.8 Å². The Morgan fingerprint density at radius 3 is 2.47 bits per heavy atom. The first-order chi connectivity index (χ1) is 14.3. The van der Waals surface area contributed by atoms with E-state index in [0.717, 1.165) is 32.1 Å². The summed E-state index contributed by atoms with van der Waals surface area (Å²) in [6, 6.07) is 6.39. The van der Waals surface area contributed by atoms with Crippen molar-refractivity contribution in [3.05, 3.63) is 36.9 Å². The van der Waals surface area contributed by atoms with Crippen molar-refractivity contribution in [2.24, 2.45) is 17.3 Å². The second-order valence-electron chi connectivity index (χ2n) is 9.29. The minimum absolute atomic E-state index is 0.0448. The molecule has 2 atom stereocenters. The summed E-state index contributed by atoms with van der Waals surface area (Å²) in [7, 11) is -3.50. The first-order valence-electron chi connectivity index (χ1n) is 10.6. The fourth-order valence-corrected chi connectivity index (χ4v) is 7.50. The van der Waals surface area contributed by atoms with Crippen LogP contribution in [0.5, 0.6) is 0 Å². The average molecular weight is 430 g/mol. The predicted octanol–water partition coefficient (Wildman–Crippen LogP) is 2.51. The second-order valence-corrected chi connectivity index (χ2v) is 11.1. The number of benzene rings is 1.